The minimum absolute atomic E-state index is 0.00568. The summed E-state index contributed by atoms with van der Waals surface area (Å²) in [6.07, 6.45) is 0.143. The summed E-state index contributed by atoms with van der Waals surface area (Å²) in [6, 6.07) is 27.4. The molecule has 0 unspecified atom stereocenters. The van der Waals surface area contributed by atoms with E-state index in [2.05, 4.69) is 39.9 Å². The molecule has 7 heteroatoms. The first kappa shape index (κ1) is 24.2. The number of anilines is 1. The number of amides is 1. The summed E-state index contributed by atoms with van der Waals surface area (Å²) in [5.41, 5.74) is 4.40. The predicted molar refractivity (Wildman–Crippen MR) is 152 cm³/mol. The second-order valence-corrected chi connectivity index (χ2v) is 11.6. The largest absolute Gasteiger partial charge is 0.352 e. The van der Waals surface area contributed by atoms with E-state index in [1.54, 1.807) is 41.4 Å². The van der Waals surface area contributed by atoms with Gasteiger partial charge in [-0.1, -0.05) is 77.5 Å². The van der Waals surface area contributed by atoms with Gasteiger partial charge in [0.05, 0.1) is 5.71 Å². The van der Waals surface area contributed by atoms with Crippen LogP contribution in [0.15, 0.2) is 101 Å². The van der Waals surface area contributed by atoms with E-state index >= 15 is 8.78 Å². The first-order chi connectivity index (χ1) is 18.7. The predicted octanol–water partition coefficient (Wildman–Crippen LogP) is 7.55. The van der Waals surface area contributed by atoms with Crippen LogP contribution >= 0.6 is 15.9 Å². The van der Waals surface area contributed by atoms with Gasteiger partial charge in [0.15, 0.2) is 0 Å². The average Bonchev–Trinajstić information content (AvgIpc) is 3.31. The zero-order valence-electron chi connectivity index (χ0n) is 21.3. The van der Waals surface area contributed by atoms with Gasteiger partial charge in [0.2, 0.25) is 0 Å². The molecule has 4 aromatic carbocycles. The van der Waals surface area contributed by atoms with Crippen molar-refractivity contribution in [3.05, 3.63) is 123 Å². The molecule has 194 valence electrons. The van der Waals surface area contributed by atoms with Crippen LogP contribution in [0.2, 0.25) is 0 Å². The summed E-state index contributed by atoms with van der Waals surface area (Å²) < 4.78 is 32.0. The molecule has 0 saturated carbocycles. The van der Waals surface area contributed by atoms with Crippen molar-refractivity contribution < 1.29 is 13.6 Å². The molecule has 0 radical (unpaired) electrons. The Labute approximate surface area is 233 Å². The molecule has 4 aromatic rings. The highest BCUT2D eigenvalue weighted by Crippen LogP contribution is 2.53. The van der Waals surface area contributed by atoms with Crippen molar-refractivity contribution in [3.63, 3.8) is 0 Å². The van der Waals surface area contributed by atoms with Crippen LogP contribution in [0.5, 0.6) is 0 Å². The number of hydrazone groups is 1. The fourth-order valence-corrected chi connectivity index (χ4v) is 6.92. The number of benzene rings is 4. The van der Waals surface area contributed by atoms with E-state index in [1.807, 2.05) is 43.4 Å². The quantitative estimate of drug-likeness (QED) is 0.244. The molecule has 0 fully saturated rings. The van der Waals surface area contributed by atoms with Crippen LogP contribution in [0.25, 0.3) is 11.1 Å². The number of fused-ring (bicyclic) bond motifs is 6. The third-order valence-electron chi connectivity index (χ3n) is 8.36. The molecule has 0 N–H and O–H groups in total. The SMILES string of the molecule is CN1c2ccccc2[C@@]2(C)CC(c3ccc4c(c3)C(F)(F)c3cc(Br)ccc3-4)=NN(C(=O)c3ccccc3)[C@@H]12. The summed E-state index contributed by atoms with van der Waals surface area (Å²) in [5.74, 6) is -3.36. The van der Waals surface area contributed by atoms with E-state index < -0.39 is 11.3 Å². The van der Waals surface area contributed by atoms with Crippen LogP contribution in [0.4, 0.5) is 14.5 Å². The molecular formula is C32H24BrF2N3O. The number of hydrogen-bond acceptors (Lipinski definition) is 3. The van der Waals surface area contributed by atoms with Crippen LogP contribution in [-0.4, -0.2) is 29.8 Å². The maximum Gasteiger partial charge on any atom is 0.299 e. The van der Waals surface area contributed by atoms with Gasteiger partial charge >= 0.3 is 0 Å². The first-order valence-electron chi connectivity index (χ1n) is 12.8. The molecule has 7 rings (SSSR count). The van der Waals surface area contributed by atoms with Gasteiger partial charge in [0.1, 0.15) is 6.17 Å². The van der Waals surface area contributed by atoms with Crippen LogP contribution < -0.4 is 4.90 Å². The van der Waals surface area contributed by atoms with Crippen LogP contribution in [0, 0.1) is 0 Å². The smallest absolute Gasteiger partial charge is 0.299 e. The van der Waals surface area contributed by atoms with Gasteiger partial charge in [0.25, 0.3) is 11.8 Å². The number of alkyl halides is 2. The molecule has 2 heterocycles. The van der Waals surface area contributed by atoms with Crippen molar-refractivity contribution in [2.45, 2.75) is 30.8 Å². The van der Waals surface area contributed by atoms with E-state index in [1.165, 1.54) is 6.07 Å². The lowest BCUT2D eigenvalue weighted by Gasteiger charge is -2.44. The van der Waals surface area contributed by atoms with E-state index in [0.29, 0.717) is 38.9 Å². The minimum Gasteiger partial charge on any atom is -0.352 e. The highest BCUT2D eigenvalue weighted by Gasteiger charge is 2.54. The van der Waals surface area contributed by atoms with Crippen molar-refractivity contribution in [1.29, 1.82) is 0 Å². The molecule has 39 heavy (non-hydrogen) atoms. The number of halogens is 3. The molecule has 0 aromatic heterocycles. The van der Waals surface area contributed by atoms with Gasteiger partial charge in [-0.3, -0.25) is 4.79 Å². The Balaban J connectivity index is 1.39. The molecular weight excluding hydrogens is 560 g/mol. The Hall–Kier alpha value is -3.84. The van der Waals surface area contributed by atoms with E-state index in [9.17, 15) is 4.79 Å². The Morgan fingerprint density at radius 1 is 0.897 bits per heavy atom. The molecule has 3 aliphatic rings. The van der Waals surface area contributed by atoms with Crippen molar-refractivity contribution in [2.75, 3.05) is 11.9 Å². The van der Waals surface area contributed by atoms with Gasteiger partial charge in [-0.05, 0) is 58.7 Å². The molecule has 1 aliphatic carbocycles. The summed E-state index contributed by atoms with van der Waals surface area (Å²) in [6.45, 7) is 2.13. The van der Waals surface area contributed by atoms with E-state index in [-0.39, 0.29) is 23.2 Å². The maximum atomic E-state index is 15.7. The minimum atomic E-state index is -3.13. The summed E-state index contributed by atoms with van der Waals surface area (Å²) in [5, 5.41) is 6.44. The summed E-state index contributed by atoms with van der Waals surface area (Å²) >= 11 is 3.33. The molecule has 0 saturated heterocycles. The van der Waals surface area contributed by atoms with Gasteiger partial charge in [-0.2, -0.15) is 13.9 Å². The second-order valence-electron chi connectivity index (χ2n) is 10.7. The highest BCUT2D eigenvalue weighted by molar-refractivity contribution is 9.10. The Morgan fingerprint density at radius 3 is 2.33 bits per heavy atom. The second kappa shape index (κ2) is 8.33. The van der Waals surface area contributed by atoms with Crippen LogP contribution in [0.1, 0.15) is 46.0 Å². The molecule has 2 atom stereocenters. The number of carbonyl (C=O) groups is 1. The lowest BCUT2D eigenvalue weighted by molar-refractivity contribution is 0.0478. The van der Waals surface area contributed by atoms with Gasteiger partial charge in [-0.15, -0.1) is 0 Å². The van der Waals surface area contributed by atoms with Crippen molar-refractivity contribution in [1.82, 2.24) is 5.01 Å². The lowest BCUT2D eigenvalue weighted by atomic mass is 9.75. The molecule has 4 nitrogen and oxygen atoms in total. The van der Waals surface area contributed by atoms with Gasteiger partial charge in [-0.25, -0.2) is 5.01 Å². The topological polar surface area (TPSA) is 35.9 Å². The highest BCUT2D eigenvalue weighted by atomic mass is 79.9. The van der Waals surface area contributed by atoms with Crippen molar-refractivity contribution in [3.8, 4) is 11.1 Å². The summed E-state index contributed by atoms with van der Waals surface area (Å²) in [4.78, 5) is 16.0. The standard InChI is InChI=1S/C32H24BrF2N3O/c1-31-18-27(20-12-14-22-23-15-13-21(33)17-26(23)32(34,35)25(22)16-20)36-38(29(39)19-8-4-3-5-9-19)30(31)37(2)28-11-7-6-10-24(28)31/h3-17,30H,18H2,1-2H3/t30-,31-/m1/s1. The van der Waals surface area contributed by atoms with Crippen molar-refractivity contribution >= 4 is 33.2 Å². The molecule has 0 spiro atoms. The number of likely N-dealkylation sites (N-methyl/N-ethyl adjacent to an activating group) is 1. The third-order valence-corrected chi connectivity index (χ3v) is 8.85. The lowest BCUT2D eigenvalue weighted by Crippen LogP contribution is -2.57. The van der Waals surface area contributed by atoms with Gasteiger partial charge in [0, 0.05) is 45.7 Å². The number of para-hydroxylation sites is 1. The first-order valence-corrected chi connectivity index (χ1v) is 13.6. The van der Waals surface area contributed by atoms with E-state index in [0.717, 1.165) is 11.3 Å². The Bertz CT molecular complexity index is 1700. The van der Waals surface area contributed by atoms with Crippen LogP contribution in [-0.2, 0) is 11.3 Å². The normalized spacial score (nSPS) is 22.1. The zero-order valence-corrected chi connectivity index (χ0v) is 22.9. The zero-order chi connectivity index (χ0) is 27.1. The maximum absolute atomic E-state index is 15.7. The number of hydrogen-bond donors (Lipinski definition) is 0. The van der Waals surface area contributed by atoms with Crippen molar-refractivity contribution in [2.24, 2.45) is 5.10 Å². The Morgan fingerprint density at radius 2 is 1.56 bits per heavy atom. The number of nitrogens with zero attached hydrogens (tertiary/aromatic N) is 3. The number of carbonyl (C=O) groups excluding carboxylic acids is 1. The molecule has 1 amide bonds. The molecule has 2 aliphatic heterocycles. The Kier molecular flexibility index (Phi) is 5.17. The fraction of sp³-hybridized carbons (Fsp3) is 0.188. The number of rotatable bonds is 2. The average molecular weight is 584 g/mol. The third kappa shape index (κ3) is 3.39. The summed E-state index contributed by atoms with van der Waals surface area (Å²) in [7, 11) is 1.98. The van der Waals surface area contributed by atoms with E-state index in [4.69, 9.17) is 5.10 Å². The van der Waals surface area contributed by atoms with Crippen LogP contribution in [0.3, 0.4) is 0 Å². The fourth-order valence-electron chi connectivity index (χ4n) is 6.55. The monoisotopic (exact) mass is 583 g/mol. The van der Waals surface area contributed by atoms with Gasteiger partial charge < -0.3 is 4.90 Å². The molecule has 0 bridgehead atoms.